The van der Waals surface area contributed by atoms with Gasteiger partial charge in [-0.2, -0.15) is 0 Å². The summed E-state index contributed by atoms with van der Waals surface area (Å²) < 4.78 is 0. The van der Waals surface area contributed by atoms with Crippen molar-refractivity contribution < 1.29 is 121 Å². The summed E-state index contributed by atoms with van der Waals surface area (Å²) in [6.45, 7) is 2.19. The second kappa shape index (κ2) is 55.9. The second-order valence-electron chi connectivity index (χ2n) is 36.8. The SMILES string of the molecule is CCCC[C@H]1C(=O)N(C)[C@@H](CCCC)C(=O)N[C@@H](C)C(=O)N[C@H](C(=O)NCC(=O)NCC(=O)NCC(=O)N[C@@H](CCCCN)C(N)=O)CSCC(=O)N[C@@H](Cc2ccc(O)cc2)C(=O)N(C)[C@@H](C)C(=O)N[C@@H](CC(N)=O)C(=O)N2CCC[C@H]2C(=O)N[C@@H](Cc2cnc[nH]2)C(=O)N[C@@H](CC(=O)O)C(=O)N2C[C@H](O)C[C@H]2C(=O)C[C@@H](Cc2c[nH]c3ccccc23)C(=O)N[C@@H](CO)C(=O)N[C@@H](Cc2c[nH]c3ccccc23)C(=O)N1C. The van der Waals surface area contributed by atoms with E-state index < -0.39 is 297 Å². The number of amides is 19. The van der Waals surface area contributed by atoms with Crippen LogP contribution in [0.4, 0.5) is 0 Å². The van der Waals surface area contributed by atoms with Crippen molar-refractivity contribution in [1.29, 1.82) is 0 Å². The number of aromatic nitrogens is 4. The van der Waals surface area contributed by atoms with Gasteiger partial charge in [0.1, 0.15) is 84.3 Å². The number of carbonyl (C=O) groups is 21. The normalized spacial score (nSPS) is 23.8. The molecule has 3 aromatic heterocycles. The number of carboxylic acid groups (broad SMARTS) is 1. The third-order valence-electron chi connectivity index (χ3n) is 25.9. The monoisotopic (exact) mass is 2070 g/mol. The van der Waals surface area contributed by atoms with Crippen molar-refractivity contribution in [2.45, 2.75) is 240 Å². The van der Waals surface area contributed by atoms with E-state index in [0.717, 1.165) is 24.5 Å². The van der Waals surface area contributed by atoms with E-state index in [1.54, 1.807) is 67.8 Å². The number of nitrogens with zero attached hydrogens (tertiary/aromatic N) is 6. The standard InChI is InChI=1S/C97H134N24O25S/c1-8-10-24-73-91(140)108-52(3)85(134)116-72(88(137)106-45-80(128)104-44-79(127)105-46-81(129)109-65(84(100)133)23-16-17-31-98)49-147-50-82(130)110-67(33-54-27-29-59(123)30-28-54)93(142)117(5)53(4)86(135)112-69(39-78(99)126)95(144)120-32-18-26-74(120)92(141)111-66(37-58-43-101-51-107-58)89(138)114-70(40-83(131)132)96(145)121-47-60(124)38-76(121)77(125)36-55(34-56-41-102-63-21-14-12-19-61(56)63)87(136)115-71(48-122)90(139)113-68(35-57-42-103-64-22-15-13-20-62(57)64)94(143)119(7)75(25-11-9-2)97(146)118(73)6/h12-15,19-22,27-30,41-43,51-53,55,60,65-76,102-103,122-124H,8-11,16-18,23-26,31-40,44-50,98H2,1-7H3,(H2,99,126)(H2,100,133)(H,101,107)(H,104,128)(H,105,127)(H,106,137)(H,108,140)(H,109,129)(H,110,130)(H,111,141)(H,112,135)(H,113,139)(H,114,138)(H,115,136)(H,116,134)(H,131,132)/t52-,53-,55+,60+,65-,66-,67-,68-,69-,70-,71-,72-,73-,74-,75-,76-/m0/s1. The fourth-order valence-electron chi connectivity index (χ4n) is 17.6. The summed E-state index contributed by atoms with van der Waals surface area (Å²) >= 11 is 0.698. The number of benzene rings is 3. The highest BCUT2D eigenvalue weighted by molar-refractivity contribution is 8.00. The molecule has 3 aliphatic heterocycles. The lowest BCUT2D eigenvalue weighted by atomic mass is 9.90. The van der Waals surface area contributed by atoms with Crippen LogP contribution in [0.3, 0.4) is 0 Å². The number of aliphatic hydroxyl groups is 2. The number of Topliss-reactive ketones (excluding diaryl/α,β-unsaturated/α-hetero) is 1. The van der Waals surface area contributed by atoms with Gasteiger partial charge in [0, 0.05) is 124 Å². The Morgan fingerprint density at radius 3 is 1.73 bits per heavy atom. The van der Waals surface area contributed by atoms with Crippen molar-refractivity contribution in [1.82, 2.24) is 108 Å². The van der Waals surface area contributed by atoms with Crippen molar-refractivity contribution in [3.05, 3.63) is 120 Å². The number of carboxylic acids is 1. The van der Waals surface area contributed by atoms with Gasteiger partial charge >= 0.3 is 5.97 Å². The van der Waals surface area contributed by atoms with E-state index in [-0.39, 0.29) is 69.4 Å². The minimum Gasteiger partial charge on any atom is -0.508 e. The van der Waals surface area contributed by atoms with Crippen LogP contribution in [0.15, 0.2) is 97.7 Å². The summed E-state index contributed by atoms with van der Waals surface area (Å²) in [7, 11) is 3.79. The number of nitrogens with one attached hydrogen (secondary N) is 15. The number of likely N-dealkylation sites (N-methyl/N-ethyl adjacent to an activating group) is 3. The number of carbonyl (C=O) groups excluding carboxylic acids is 20. The number of hydrogen-bond acceptors (Lipinski definition) is 27. The lowest BCUT2D eigenvalue weighted by Crippen LogP contribution is -2.60. The Kier molecular flexibility index (Phi) is 44.0. The average Bonchev–Trinajstić information content (AvgIpc) is 1.74. The van der Waals surface area contributed by atoms with Gasteiger partial charge in [0.2, 0.25) is 112 Å². The minimum atomic E-state index is -2.07. The zero-order valence-electron chi connectivity index (χ0n) is 83.0. The van der Waals surface area contributed by atoms with Crippen LogP contribution >= 0.6 is 11.8 Å². The molecule has 50 heteroatoms. The molecule has 0 radical (unpaired) electrons. The van der Waals surface area contributed by atoms with Crippen molar-refractivity contribution >= 4 is 158 Å². The maximum atomic E-state index is 15.7. The highest BCUT2D eigenvalue weighted by Crippen LogP contribution is 2.30. The largest absolute Gasteiger partial charge is 0.508 e. The molecule has 3 saturated heterocycles. The first-order valence-electron chi connectivity index (χ1n) is 48.7. The Labute approximate surface area is 850 Å². The number of thioether (sulfide) groups is 1. The maximum Gasteiger partial charge on any atom is 0.305 e. The summed E-state index contributed by atoms with van der Waals surface area (Å²) in [5, 5.41) is 74.4. The van der Waals surface area contributed by atoms with Crippen LogP contribution in [0, 0.1) is 5.92 Å². The molecule has 0 unspecified atom stereocenters. The molecule has 798 valence electrons. The Balaban J connectivity index is 1.07. The molecular formula is C97H134N24O25S. The number of fused-ring (bicyclic) bond motifs is 4. The summed E-state index contributed by atoms with van der Waals surface area (Å²) in [4.78, 5) is 320. The van der Waals surface area contributed by atoms with Gasteiger partial charge in [-0.3, -0.25) is 101 Å². The van der Waals surface area contributed by atoms with Crippen molar-refractivity contribution in [3.63, 3.8) is 0 Å². The Morgan fingerprint density at radius 2 is 1.12 bits per heavy atom. The number of nitrogens with two attached hydrogens (primary N) is 3. The van der Waals surface area contributed by atoms with Crippen LogP contribution in [0.1, 0.15) is 146 Å². The van der Waals surface area contributed by atoms with Gasteiger partial charge in [-0.05, 0) is 113 Å². The fraction of sp³-hybridized carbons (Fsp3) is 0.526. The van der Waals surface area contributed by atoms with E-state index in [9.17, 15) is 87.5 Å². The minimum absolute atomic E-state index is 0.0397. The first-order chi connectivity index (χ1) is 70.0. The number of aliphatic hydroxyl groups excluding tert-OH is 2. The zero-order chi connectivity index (χ0) is 108. The van der Waals surface area contributed by atoms with Gasteiger partial charge in [0.25, 0.3) is 0 Å². The molecule has 147 heavy (non-hydrogen) atoms. The quantitative estimate of drug-likeness (QED) is 0.0176. The molecule has 0 aliphatic carbocycles. The van der Waals surface area contributed by atoms with Gasteiger partial charge in [0.15, 0.2) is 5.78 Å². The van der Waals surface area contributed by atoms with Crippen LogP contribution in [-0.4, -0.2) is 358 Å². The number of ketones is 1. The summed E-state index contributed by atoms with van der Waals surface area (Å²) in [5.74, 6) is -24.3. The predicted molar refractivity (Wildman–Crippen MR) is 531 cm³/mol. The van der Waals surface area contributed by atoms with Gasteiger partial charge < -0.3 is 141 Å². The van der Waals surface area contributed by atoms with Crippen molar-refractivity contribution in [2.75, 3.05) is 78.5 Å². The molecule has 0 bridgehead atoms. The Bertz CT molecular complexity index is 5700. The van der Waals surface area contributed by atoms with E-state index in [0.29, 0.717) is 95.3 Å². The summed E-state index contributed by atoms with van der Waals surface area (Å²) in [6, 6.07) is -3.44. The summed E-state index contributed by atoms with van der Waals surface area (Å²) in [5.41, 5.74) is 19.4. The van der Waals surface area contributed by atoms with Gasteiger partial charge in [-0.25, -0.2) is 4.98 Å². The van der Waals surface area contributed by atoms with Gasteiger partial charge in [-0.1, -0.05) is 88.1 Å². The van der Waals surface area contributed by atoms with E-state index in [2.05, 4.69) is 83.7 Å². The smallest absolute Gasteiger partial charge is 0.305 e. The molecule has 3 aromatic carbocycles. The van der Waals surface area contributed by atoms with E-state index in [1.165, 1.54) is 71.8 Å². The lowest BCUT2D eigenvalue weighted by molar-refractivity contribution is -0.149. The second-order valence-corrected chi connectivity index (χ2v) is 37.9. The van der Waals surface area contributed by atoms with Gasteiger partial charge in [-0.15, -0.1) is 11.8 Å². The first kappa shape index (κ1) is 116. The number of imidazole rings is 1. The number of phenolic OH excluding ortho intramolecular Hbond substituents is 1. The maximum absolute atomic E-state index is 15.7. The van der Waals surface area contributed by atoms with E-state index in [1.807, 2.05) is 6.92 Å². The number of aliphatic carboxylic acids is 1. The zero-order valence-corrected chi connectivity index (χ0v) is 83.8. The average molecular weight is 2070 g/mol. The molecule has 0 spiro atoms. The third kappa shape index (κ3) is 33.3. The van der Waals surface area contributed by atoms with Crippen LogP contribution < -0.4 is 81.0 Å². The molecule has 6 heterocycles. The van der Waals surface area contributed by atoms with Crippen molar-refractivity contribution in [3.8, 4) is 5.75 Å². The number of rotatable bonds is 32. The summed E-state index contributed by atoms with van der Waals surface area (Å²) in [6.07, 6.45) is 2.11. The Hall–Kier alpha value is -15.0. The molecular weight excluding hydrogens is 1930 g/mol. The molecule has 49 nitrogen and oxygen atoms in total. The fourth-order valence-corrected chi connectivity index (χ4v) is 18.4. The molecule has 3 aliphatic rings. The highest BCUT2D eigenvalue weighted by Gasteiger charge is 2.47. The number of aromatic hydroxyl groups is 1. The number of aromatic amines is 3. The predicted octanol–water partition coefficient (Wildman–Crippen LogP) is -4.81. The molecule has 16 atom stereocenters. The molecule has 19 amide bonds. The number of primary amides is 2. The van der Waals surface area contributed by atoms with Crippen molar-refractivity contribution in [2.24, 2.45) is 23.1 Å². The van der Waals surface area contributed by atoms with E-state index in [4.69, 9.17) is 17.2 Å². The number of unbranched alkanes of at least 4 members (excludes halogenated alkanes) is 3. The Morgan fingerprint density at radius 1 is 0.551 bits per heavy atom. The highest BCUT2D eigenvalue weighted by atomic mass is 32.2. The number of hydrogen-bond donors (Lipinski definition) is 22. The molecule has 25 N–H and O–H groups in total. The molecule has 6 aromatic rings. The topological polar surface area (TPSA) is 738 Å². The van der Waals surface area contributed by atoms with Crippen LogP contribution in [0.5, 0.6) is 5.75 Å². The van der Waals surface area contributed by atoms with Crippen LogP contribution in [-0.2, 0) is 126 Å². The van der Waals surface area contributed by atoms with Crippen LogP contribution in [0.2, 0.25) is 0 Å². The molecule has 0 saturated carbocycles. The number of phenols is 1. The molecule has 3 fully saturated rings. The first-order valence-corrected chi connectivity index (χ1v) is 49.9. The lowest BCUT2D eigenvalue weighted by Gasteiger charge is -2.36. The molecule has 9 rings (SSSR count). The third-order valence-corrected chi connectivity index (χ3v) is 27.0. The van der Waals surface area contributed by atoms with Gasteiger partial charge in [0.05, 0.1) is 63.3 Å². The number of para-hydroxylation sites is 2. The number of H-pyrrole nitrogens is 3. The van der Waals surface area contributed by atoms with Crippen LogP contribution in [0.25, 0.3) is 21.8 Å². The van der Waals surface area contributed by atoms with E-state index >= 15 is 33.6 Å².